The fourth-order valence-electron chi connectivity index (χ4n) is 1.80. The van der Waals surface area contributed by atoms with Gasteiger partial charge in [-0.15, -0.1) is 4.91 Å². The molecule has 0 amide bonds. The van der Waals surface area contributed by atoms with Crippen LogP contribution >= 0.6 is 0 Å². The van der Waals surface area contributed by atoms with Crippen LogP contribution in [0.25, 0.3) is 5.57 Å². The van der Waals surface area contributed by atoms with Crippen LogP contribution in [0.1, 0.15) is 12.0 Å². The molecule has 1 heterocycles. The van der Waals surface area contributed by atoms with Gasteiger partial charge in [-0.1, -0.05) is 18.2 Å². The van der Waals surface area contributed by atoms with Gasteiger partial charge in [-0.3, -0.25) is 0 Å². The van der Waals surface area contributed by atoms with E-state index in [4.69, 9.17) is 0 Å². The van der Waals surface area contributed by atoms with E-state index in [1.165, 1.54) is 5.57 Å². The molecule has 0 saturated carbocycles. The zero-order chi connectivity index (χ0) is 10.7. The molecular weight excluding hydrogens is 188 g/mol. The Kier molecular flexibility index (Phi) is 2.92. The van der Waals surface area contributed by atoms with Crippen molar-refractivity contribution in [3.05, 3.63) is 40.8 Å². The highest BCUT2D eigenvalue weighted by Crippen LogP contribution is 2.24. The SMILES string of the molecule is CN1CC=C(c2cccc(N=O)c2)CC1. The Balaban J connectivity index is 2.25. The van der Waals surface area contributed by atoms with Crippen LogP contribution in [0.3, 0.4) is 0 Å². The number of nitrogens with zero attached hydrogens (tertiary/aromatic N) is 2. The molecule has 0 saturated heterocycles. The van der Waals surface area contributed by atoms with E-state index < -0.39 is 0 Å². The fourth-order valence-corrected chi connectivity index (χ4v) is 1.80. The highest BCUT2D eigenvalue weighted by atomic mass is 16.3. The van der Waals surface area contributed by atoms with Gasteiger partial charge in [0.2, 0.25) is 0 Å². The molecule has 0 unspecified atom stereocenters. The lowest BCUT2D eigenvalue weighted by Gasteiger charge is -2.22. The van der Waals surface area contributed by atoms with Crippen LogP contribution in [0.4, 0.5) is 5.69 Å². The number of rotatable bonds is 2. The van der Waals surface area contributed by atoms with Crippen molar-refractivity contribution in [2.45, 2.75) is 6.42 Å². The maximum absolute atomic E-state index is 10.4. The quantitative estimate of drug-likeness (QED) is 0.691. The van der Waals surface area contributed by atoms with E-state index in [0.29, 0.717) is 5.69 Å². The Hall–Kier alpha value is -1.48. The first kappa shape index (κ1) is 10.1. The minimum absolute atomic E-state index is 0.507. The van der Waals surface area contributed by atoms with E-state index in [9.17, 15) is 4.91 Å². The lowest BCUT2D eigenvalue weighted by Crippen LogP contribution is -2.23. The van der Waals surface area contributed by atoms with Crippen molar-refractivity contribution < 1.29 is 0 Å². The molecule has 0 aromatic heterocycles. The van der Waals surface area contributed by atoms with Crippen LogP contribution in [-0.4, -0.2) is 25.0 Å². The molecule has 78 valence electrons. The molecule has 0 radical (unpaired) electrons. The molecule has 1 aliphatic rings. The molecule has 0 bridgehead atoms. The Morgan fingerprint density at radius 1 is 1.40 bits per heavy atom. The Morgan fingerprint density at radius 3 is 2.93 bits per heavy atom. The maximum Gasteiger partial charge on any atom is 0.108 e. The third kappa shape index (κ3) is 2.30. The van der Waals surface area contributed by atoms with Crippen LogP contribution in [0.5, 0.6) is 0 Å². The van der Waals surface area contributed by atoms with Crippen LogP contribution in [0, 0.1) is 4.91 Å². The van der Waals surface area contributed by atoms with E-state index in [2.05, 4.69) is 23.2 Å². The molecular formula is C12H14N2O. The van der Waals surface area contributed by atoms with Gasteiger partial charge in [0.05, 0.1) is 0 Å². The second kappa shape index (κ2) is 4.36. The molecule has 0 spiro atoms. The van der Waals surface area contributed by atoms with E-state index >= 15 is 0 Å². The monoisotopic (exact) mass is 202 g/mol. The van der Waals surface area contributed by atoms with Crippen molar-refractivity contribution in [3.63, 3.8) is 0 Å². The first-order valence-electron chi connectivity index (χ1n) is 5.11. The summed E-state index contributed by atoms with van der Waals surface area (Å²) in [5.74, 6) is 0. The lowest BCUT2D eigenvalue weighted by molar-refractivity contribution is 0.370. The van der Waals surface area contributed by atoms with Crippen molar-refractivity contribution in [1.82, 2.24) is 4.90 Å². The molecule has 15 heavy (non-hydrogen) atoms. The second-order valence-corrected chi connectivity index (χ2v) is 3.88. The summed E-state index contributed by atoms with van der Waals surface area (Å²) in [6.07, 6.45) is 3.26. The first-order chi connectivity index (χ1) is 7.29. The first-order valence-corrected chi connectivity index (χ1v) is 5.11. The summed E-state index contributed by atoms with van der Waals surface area (Å²) in [5, 5.41) is 2.95. The van der Waals surface area contributed by atoms with Gasteiger partial charge in [0.1, 0.15) is 5.69 Å². The van der Waals surface area contributed by atoms with Crippen LogP contribution in [0.15, 0.2) is 35.5 Å². The van der Waals surface area contributed by atoms with E-state index in [1.807, 2.05) is 18.2 Å². The lowest BCUT2D eigenvalue weighted by atomic mass is 9.99. The predicted octanol–water partition coefficient (Wildman–Crippen LogP) is 2.80. The zero-order valence-electron chi connectivity index (χ0n) is 8.81. The number of benzene rings is 1. The van der Waals surface area contributed by atoms with Crippen molar-refractivity contribution >= 4 is 11.3 Å². The Bertz CT molecular complexity index is 398. The van der Waals surface area contributed by atoms with Crippen molar-refractivity contribution in [2.24, 2.45) is 5.18 Å². The second-order valence-electron chi connectivity index (χ2n) is 3.88. The molecule has 2 rings (SSSR count). The van der Waals surface area contributed by atoms with Gasteiger partial charge in [-0.25, -0.2) is 0 Å². The van der Waals surface area contributed by atoms with Crippen LogP contribution in [0.2, 0.25) is 0 Å². The Morgan fingerprint density at radius 2 is 2.27 bits per heavy atom. The van der Waals surface area contributed by atoms with Crippen molar-refractivity contribution in [2.75, 3.05) is 20.1 Å². The van der Waals surface area contributed by atoms with Gasteiger partial charge in [0.15, 0.2) is 0 Å². The standard InChI is InChI=1S/C12H14N2O/c1-14-7-5-10(6-8-14)11-3-2-4-12(9-11)13-15/h2-5,9H,6-8H2,1H3. The average Bonchev–Trinajstić information content (AvgIpc) is 2.30. The molecule has 1 aromatic rings. The number of hydrogen-bond acceptors (Lipinski definition) is 3. The number of nitroso groups, excluding NO2 is 1. The van der Waals surface area contributed by atoms with Crippen LogP contribution < -0.4 is 0 Å². The molecule has 0 aliphatic carbocycles. The summed E-state index contributed by atoms with van der Waals surface area (Å²) < 4.78 is 0. The topological polar surface area (TPSA) is 32.7 Å². The Labute approximate surface area is 89.4 Å². The van der Waals surface area contributed by atoms with Gasteiger partial charge in [-0.2, -0.15) is 0 Å². The molecule has 3 heteroatoms. The summed E-state index contributed by atoms with van der Waals surface area (Å²) in [5.41, 5.74) is 2.95. The summed E-state index contributed by atoms with van der Waals surface area (Å²) in [7, 11) is 2.11. The zero-order valence-corrected chi connectivity index (χ0v) is 8.81. The van der Waals surface area contributed by atoms with E-state index in [0.717, 1.165) is 25.1 Å². The minimum Gasteiger partial charge on any atom is -0.302 e. The van der Waals surface area contributed by atoms with Gasteiger partial charge in [0.25, 0.3) is 0 Å². The van der Waals surface area contributed by atoms with Gasteiger partial charge < -0.3 is 4.90 Å². The van der Waals surface area contributed by atoms with Crippen molar-refractivity contribution in [1.29, 1.82) is 0 Å². The van der Waals surface area contributed by atoms with Crippen molar-refractivity contribution in [3.8, 4) is 0 Å². The number of likely N-dealkylation sites (N-methyl/N-ethyl adjacent to an activating group) is 1. The molecule has 1 aliphatic heterocycles. The summed E-state index contributed by atoms with van der Waals surface area (Å²) in [6.45, 7) is 2.05. The number of hydrogen-bond donors (Lipinski definition) is 0. The van der Waals surface area contributed by atoms with Gasteiger partial charge >= 0.3 is 0 Å². The maximum atomic E-state index is 10.4. The van der Waals surface area contributed by atoms with E-state index in [1.54, 1.807) is 6.07 Å². The third-order valence-corrected chi connectivity index (χ3v) is 2.73. The van der Waals surface area contributed by atoms with Gasteiger partial charge in [0, 0.05) is 13.1 Å². The molecule has 3 nitrogen and oxygen atoms in total. The summed E-state index contributed by atoms with van der Waals surface area (Å²) in [4.78, 5) is 12.7. The fraction of sp³-hybridized carbons (Fsp3) is 0.333. The van der Waals surface area contributed by atoms with Crippen LogP contribution in [-0.2, 0) is 0 Å². The largest absolute Gasteiger partial charge is 0.302 e. The van der Waals surface area contributed by atoms with Gasteiger partial charge in [-0.05, 0) is 41.9 Å². The predicted molar refractivity (Wildman–Crippen MR) is 62.0 cm³/mol. The molecule has 1 aromatic carbocycles. The third-order valence-electron chi connectivity index (χ3n) is 2.73. The molecule has 0 atom stereocenters. The highest BCUT2D eigenvalue weighted by molar-refractivity contribution is 5.68. The molecule has 0 N–H and O–H groups in total. The normalized spacial score (nSPS) is 17.3. The molecule has 0 fully saturated rings. The highest BCUT2D eigenvalue weighted by Gasteiger charge is 2.09. The average molecular weight is 202 g/mol. The summed E-state index contributed by atoms with van der Waals surface area (Å²) >= 11 is 0. The van der Waals surface area contributed by atoms with E-state index in [-0.39, 0.29) is 0 Å². The summed E-state index contributed by atoms with van der Waals surface area (Å²) in [6, 6.07) is 7.49. The minimum atomic E-state index is 0.507. The smallest absolute Gasteiger partial charge is 0.108 e.